The number of amides is 3. The number of thioether (sulfide) groups is 2. The summed E-state index contributed by atoms with van der Waals surface area (Å²) in [5, 5.41) is 19.5. The molecule has 0 saturated heterocycles. The lowest BCUT2D eigenvalue weighted by Crippen LogP contribution is -2.18. The van der Waals surface area contributed by atoms with Crippen molar-refractivity contribution in [1.82, 2.24) is 4.98 Å². The van der Waals surface area contributed by atoms with E-state index in [-0.39, 0.29) is 40.4 Å². The van der Waals surface area contributed by atoms with Gasteiger partial charge in [-0.05, 0) is 42.5 Å². The molecule has 0 bridgehead atoms. The Hall–Kier alpha value is -4.14. The minimum absolute atomic E-state index is 0.00166. The van der Waals surface area contributed by atoms with Crippen LogP contribution in [0.4, 0.5) is 22.7 Å². The molecule has 1 aromatic heterocycles. The van der Waals surface area contributed by atoms with Crippen molar-refractivity contribution < 1.29 is 24.0 Å². The Morgan fingerprint density at radius 3 is 2.30 bits per heavy atom. The molecular formula is C26H23N5O6S3. The van der Waals surface area contributed by atoms with Crippen LogP contribution in [0.3, 0.4) is 0 Å². The van der Waals surface area contributed by atoms with E-state index in [0.717, 1.165) is 4.70 Å². The summed E-state index contributed by atoms with van der Waals surface area (Å²) < 4.78 is 6.46. The molecule has 3 amide bonds. The Morgan fingerprint density at radius 1 is 0.900 bits per heavy atom. The Kier molecular flexibility index (Phi) is 9.94. The van der Waals surface area contributed by atoms with Gasteiger partial charge in [0.15, 0.2) is 4.34 Å². The number of nitro groups is 1. The van der Waals surface area contributed by atoms with Crippen LogP contribution in [-0.2, 0) is 14.4 Å². The van der Waals surface area contributed by atoms with Gasteiger partial charge in [0, 0.05) is 11.4 Å². The van der Waals surface area contributed by atoms with Crippen molar-refractivity contribution in [2.24, 2.45) is 0 Å². The van der Waals surface area contributed by atoms with E-state index in [1.54, 1.807) is 30.3 Å². The predicted octanol–water partition coefficient (Wildman–Crippen LogP) is 5.25. The number of carbonyl (C=O) groups excluding carboxylic acids is 3. The lowest BCUT2D eigenvalue weighted by atomic mass is 10.2. The number of hydrogen-bond donors (Lipinski definition) is 3. The second-order valence-corrected chi connectivity index (χ2v) is 11.3. The third-order valence-electron chi connectivity index (χ3n) is 5.18. The smallest absolute Gasteiger partial charge is 0.296 e. The standard InChI is InChI=1S/C26H23N5O6S3/c1-37-18-8-10-19(21(12-18)31(35)36)29-25(34)15-39-26-30-20-9-7-17(11-22(20)40-26)28-24(33)14-38-13-23(32)27-16-5-3-2-4-6-16/h2-12H,13-15H2,1H3,(H,27,32)(H,28,33)(H,29,34). The van der Waals surface area contributed by atoms with Crippen LogP contribution in [0.15, 0.2) is 71.1 Å². The van der Waals surface area contributed by atoms with Gasteiger partial charge >= 0.3 is 0 Å². The summed E-state index contributed by atoms with van der Waals surface area (Å²) in [4.78, 5) is 52.1. The Morgan fingerprint density at radius 2 is 1.60 bits per heavy atom. The second-order valence-electron chi connectivity index (χ2n) is 8.09. The van der Waals surface area contributed by atoms with E-state index in [9.17, 15) is 24.5 Å². The first-order valence-corrected chi connectivity index (χ1v) is 14.6. The van der Waals surface area contributed by atoms with Gasteiger partial charge in [0.05, 0.1) is 45.6 Å². The number of fused-ring (bicyclic) bond motifs is 1. The van der Waals surface area contributed by atoms with E-state index in [1.165, 1.54) is 60.2 Å². The zero-order chi connectivity index (χ0) is 28.5. The van der Waals surface area contributed by atoms with Crippen LogP contribution in [0.2, 0.25) is 0 Å². The predicted molar refractivity (Wildman–Crippen MR) is 160 cm³/mol. The highest BCUT2D eigenvalue weighted by molar-refractivity contribution is 8.01. The highest BCUT2D eigenvalue weighted by atomic mass is 32.2. The van der Waals surface area contributed by atoms with Crippen molar-refractivity contribution in [2.45, 2.75) is 4.34 Å². The summed E-state index contributed by atoms with van der Waals surface area (Å²) in [6, 6.07) is 18.6. The first-order valence-electron chi connectivity index (χ1n) is 11.7. The zero-order valence-electron chi connectivity index (χ0n) is 21.0. The first-order chi connectivity index (χ1) is 19.3. The number of rotatable bonds is 12. The largest absolute Gasteiger partial charge is 0.496 e. The molecule has 3 N–H and O–H groups in total. The van der Waals surface area contributed by atoms with Gasteiger partial charge < -0.3 is 20.7 Å². The van der Waals surface area contributed by atoms with Crippen molar-refractivity contribution >= 4 is 85.5 Å². The third-order valence-corrected chi connectivity index (χ3v) is 8.27. The maximum Gasteiger partial charge on any atom is 0.296 e. The van der Waals surface area contributed by atoms with E-state index in [2.05, 4.69) is 20.9 Å². The summed E-state index contributed by atoms with van der Waals surface area (Å²) in [6.45, 7) is 0. The van der Waals surface area contributed by atoms with Gasteiger partial charge in [0.1, 0.15) is 11.4 Å². The number of ether oxygens (including phenoxy) is 1. The third kappa shape index (κ3) is 8.18. The monoisotopic (exact) mass is 597 g/mol. The average Bonchev–Trinajstić information content (AvgIpc) is 3.35. The second kappa shape index (κ2) is 13.8. The molecule has 3 aromatic carbocycles. The molecule has 206 valence electrons. The van der Waals surface area contributed by atoms with Crippen molar-refractivity contribution in [1.29, 1.82) is 0 Å². The number of carbonyl (C=O) groups is 3. The fourth-order valence-corrected chi connectivity index (χ4v) is 5.93. The summed E-state index contributed by atoms with van der Waals surface area (Å²) in [7, 11) is 1.40. The van der Waals surface area contributed by atoms with Gasteiger partial charge in [-0.3, -0.25) is 24.5 Å². The molecule has 0 atom stereocenters. The number of hydrogen-bond acceptors (Lipinski definition) is 10. The molecule has 0 spiro atoms. The zero-order valence-corrected chi connectivity index (χ0v) is 23.5. The summed E-state index contributed by atoms with van der Waals surface area (Å²) in [6.07, 6.45) is 0. The van der Waals surface area contributed by atoms with Crippen LogP contribution in [0.1, 0.15) is 0 Å². The molecule has 4 rings (SSSR count). The number of aromatic nitrogens is 1. The number of benzene rings is 3. The van der Waals surface area contributed by atoms with Crippen LogP contribution in [0.5, 0.6) is 5.75 Å². The van der Waals surface area contributed by atoms with Crippen molar-refractivity contribution in [3.8, 4) is 5.75 Å². The highest BCUT2D eigenvalue weighted by Gasteiger charge is 2.18. The van der Waals surface area contributed by atoms with E-state index in [0.29, 0.717) is 27.0 Å². The van der Waals surface area contributed by atoms with Gasteiger partial charge in [-0.1, -0.05) is 30.0 Å². The molecule has 0 aliphatic rings. The molecule has 0 aliphatic carbocycles. The summed E-state index contributed by atoms with van der Waals surface area (Å²) in [5.41, 5.74) is 1.83. The molecule has 40 heavy (non-hydrogen) atoms. The van der Waals surface area contributed by atoms with Crippen LogP contribution < -0.4 is 20.7 Å². The van der Waals surface area contributed by atoms with Gasteiger partial charge in [0.25, 0.3) is 5.69 Å². The minimum Gasteiger partial charge on any atom is -0.496 e. The lowest BCUT2D eigenvalue weighted by Gasteiger charge is -2.07. The topological polar surface area (TPSA) is 153 Å². The molecule has 0 aliphatic heterocycles. The minimum atomic E-state index is -0.587. The molecule has 0 unspecified atom stereocenters. The number of nitrogens with one attached hydrogen (secondary N) is 3. The van der Waals surface area contributed by atoms with Crippen LogP contribution >= 0.6 is 34.9 Å². The van der Waals surface area contributed by atoms with E-state index in [4.69, 9.17) is 4.74 Å². The van der Waals surface area contributed by atoms with Gasteiger partial charge in [-0.2, -0.15) is 0 Å². The summed E-state index contributed by atoms with van der Waals surface area (Å²) >= 11 is 3.77. The van der Waals surface area contributed by atoms with Gasteiger partial charge in [-0.25, -0.2) is 4.98 Å². The summed E-state index contributed by atoms with van der Waals surface area (Å²) in [5.74, 6) is -0.255. The molecule has 0 saturated carbocycles. The SMILES string of the molecule is COc1ccc(NC(=O)CSc2nc3ccc(NC(=O)CSCC(=O)Nc4ccccc4)cc3s2)c([N+](=O)[O-])c1. The molecule has 1 heterocycles. The van der Waals surface area contributed by atoms with Gasteiger partial charge in [-0.15, -0.1) is 23.1 Å². The normalized spacial score (nSPS) is 10.6. The Bertz CT molecular complexity index is 1550. The molecular weight excluding hydrogens is 575 g/mol. The van der Waals surface area contributed by atoms with Crippen LogP contribution in [0, 0.1) is 10.1 Å². The van der Waals surface area contributed by atoms with E-state index < -0.39 is 10.8 Å². The lowest BCUT2D eigenvalue weighted by molar-refractivity contribution is -0.384. The number of methoxy groups -OCH3 is 1. The van der Waals surface area contributed by atoms with E-state index in [1.807, 2.05) is 18.2 Å². The quantitative estimate of drug-likeness (QED) is 0.113. The Labute approximate surface area is 241 Å². The van der Waals surface area contributed by atoms with E-state index >= 15 is 0 Å². The van der Waals surface area contributed by atoms with Crippen LogP contribution in [-0.4, -0.2) is 52.0 Å². The number of anilines is 3. The molecule has 14 heteroatoms. The molecule has 11 nitrogen and oxygen atoms in total. The fraction of sp³-hybridized carbons (Fsp3) is 0.154. The van der Waals surface area contributed by atoms with Crippen LogP contribution in [0.25, 0.3) is 10.2 Å². The number of thiazole rings is 1. The number of nitro benzene ring substituents is 1. The molecule has 0 fully saturated rings. The fourth-order valence-electron chi connectivity index (χ4n) is 3.40. The Balaban J connectivity index is 1.26. The average molecular weight is 598 g/mol. The van der Waals surface area contributed by atoms with Gasteiger partial charge in [0.2, 0.25) is 17.7 Å². The van der Waals surface area contributed by atoms with Crippen molar-refractivity contribution in [2.75, 3.05) is 40.3 Å². The maximum atomic E-state index is 12.4. The number of nitrogens with zero attached hydrogens (tertiary/aromatic N) is 2. The number of para-hydroxylation sites is 1. The molecule has 4 aromatic rings. The highest BCUT2D eigenvalue weighted by Crippen LogP contribution is 2.32. The maximum absolute atomic E-state index is 12.4. The van der Waals surface area contributed by atoms with Crippen molar-refractivity contribution in [3.63, 3.8) is 0 Å². The van der Waals surface area contributed by atoms with Crippen molar-refractivity contribution in [3.05, 3.63) is 76.8 Å². The first kappa shape index (κ1) is 28.9. The molecule has 0 radical (unpaired) electrons.